The third-order valence-electron chi connectivity index (χ3n) is 5.33. The van der Waals surface area contributed by atoms with Crippen LogP contribution in [0.5, 0.6) is 0 Å². The maximum atomic E-state index is 13.0. The van der Waals surface area contributed by atoms with E-state index >= 15 is 0 Å². The summed E-state index contributed by atoms with van der Waals surface area (Å²) in [4.78, 5) is 38.0. The maximum Gasteiger partial charge on any atom is 0.328 e. The average molecular weight is 325 g/mol. The highest BCUT2D eigenvalue weighted by Gasteiger charge is 2.70. The van der Waals surface area contributed by atoms with Gasteiger partial charge < -0.3 is 20.7 Å². The van der Waals surface area contributed by atoms with Crippen molar-refractivity contribution in [2.75, 3.05) is 13.7 Å². The number of urea groups is 1. The second-order valence-electron chi connectivity index (χ2n) is 8.22. The standard InChI is InChI=1S/C16H27N3O4/c1-15(2,3)11(18-14(17)22)12(20)19-7-8-9(16(8,4)5)10(19)13(21)23-6/h8-11H,7H2,1-6H3,(H3,17,18,22)/t8-,9-,10-,11+/m0/s1. The number of esters is 1. The Morgan fingerprint density at radius 3 is 2.30 bits per heavy atom. The van der Waals surface area contributed by atoms with Gasteiger partial charge in [-0.1, -0.05) is 34.6 Å². The number of carbonyl (C=O) groups excluding carboxylic acids is 3. The van der Waals surface area contributed by atoms with Crippen molar-refractivity contribution in [1.29, 1.82) is 0 Å². The molecule has 7 heteroatoms. The van der Waals surface area contributed by atoms with E-state index in [4.69, 9.17) is 10.5 Å². The molecule has 4 atom stereocenters. The monoisotopic (exact) mass is 325 g/mol. The Morgan fingerprint density at radius 1 is 1.30 bits per heavy atom. The van der Waals surface area contributed by atoms with E-state index in [1.807, 2.05) is 20.8 Å². The Labute approximate surface area is 136 Å². The van der Waals surface area contributed by atoms with Gasteiger partial charge in [-0.05, 0) is 16.7 Å². The molecule has 130 valence electrons. The van der Waals surface area contributed by atoms with Gasteiger partial charge in [0.05, 0.1) is 7.11 Å². The van der Waals surface area contributed by atoms with Crippen LogP contribution in [0.25, 0.3) is 0 Å². The summed E-state index contributed by atoms with van der Waals surface area (Å²) in [5, 5.41) is 2.52. The van der Waals surface area contributed by atoms with Crippen molar-refractivity contribution in [3.63, 3.8) is 0 Å². The first kappa shape index (κ1) is 17.6. The summed E-state index contributed by atoms with van der Waals surface area (Å²) in [6.07, 6.45) is 0. The van der Waals surface area contributed by atoms with Crippen LogP contribution in [0.4, 0.5) is 4.79 Å². The summed E-state index contributed by atoms with van der Waals surface area (Å²) < 4.78 is 4.91. The van der Waals surface area contributed by atoms with Gasteiger partial charge in [-0.15, -0.1) is 0 Å². The van der Waals surface area contributed by atoms with Gasteiger partial charge >= 0.3 is 12.0 Å². The molecule has 0 unspecified atom stereocenters. The van der Waals surface area contributed by atoms with Crippen LogP contribution in [0.15, 0.2) is 0 Å². The van der Waals surface area contributed by atoms with E-state index in [0.29, 0.717) is 6.54 Å². The summed E-state index contributed by atoms with van der Waals surface area (Å²) in [5.41, 5.74) is 4.73. The average Bonchev–Trinajstić information content (AvgIpc) is 2.80. The summed E-state index contributed by atoms with van der Waals surface area (Å²) in [6.45, 7) is 10.2. The number of fused-ring (bicyclic) bond motifs is 1. The van der Waals surface area contributed by atoms with Crippen LogP contribution in [0, 0.1) is 22.7 Å². The second-order valence-corrected chi connectivity index (χ2v) is 8.22. The topological polar surface area (TPSA) is 102 Å². The van der Waals surface area contributed by atoms with Crippen molar-refractivity contribution >= 4 is 17.9 Å². The molecule has 0 radical (unpaired) electrons. The van der Waals surface area contributed by atoms with Crippen molar-refractivity contribution in [1.82, 2.24) is 10.2 Å². The quantitative estimate of drug-likeness (QED) is 0.747. The molecule has 0 spiro atoms. The first-order valence-electron chi connectivity index (χ1n) is 7.87. The Hall–Kier alpha value is -1.79. The largest absolute Gasteiger partial charge is 0.467 e. The van der Waals surface area contributed by atoms with Gasteiger partial charge in [0.2, 0.25) is 5.91 Å². The zero-order valence-electron chi connectivity index (χ0n) is 14.7. The number of piperidine rings is 1. The summed E-state index contributed by atoms with van der Waals surface area (Å²) in [5.74, 6) is -0.296. The van der Waals surface area contributed by atoms with E-state index in [-0.39, 0.29) is 23.2 Å². The Balaban J connectivity index is 2.27. The van der Waals surface area contributed by atoms with E-state index in [1.54, 1.807) is 4.90 Å². The summed E-state index contributed by atoms with van der Waals surface area (Å²) in [6, 6.07) is -2.13. The van der Waals surface area contributed by atoms with Crippen molar-refractivity contribution in [2.45, 2.75) is 46.7 Å². The molecule has 1 saturated heterocycles. The van der Waals surface area contributed by atoms with Crippen molar-refractivity contribution in [3.8, 4) is 0 Å². The molecule has 23 heavy (non-hydrogen) atoms. The minimum absolute atomic E-state index is 0.0317. The molecule has 0 bridgehead atoms. The van der Waals surface area contributed by atoms with Gasteiger partial charge in [-0.3, -0.25) is 4.79 Å². The molecule has 0 aromatic rings. The lowest BCUT2D eigenvalue weighted by molar-refractivity contribution is -0.154. The molecule has 3 amide bonds. The van der Waals surface area contributed by atoms with Crippen LogP contribution < -0.4 is 11.1 Å². The van der Waals surface area contributed by atoms with Crippen LogP contribution in [-0.2, 0) is 14.3 Å². The van der Waals surface area contributed by atoms with Crippen molar-refractivity contribution < 1.29 is 19.1 Å². The highest BCUT2D eigenvalue weighted by atomic mass is 16.5. The Morgan fingerprint density at radius 2 is 1.87 bits per heavy atom. The number of nitrogens with one attached hydrogen (secondary N) is 1. The highest BCUT2D eigenvalue weighted by molar-refractivity contribution is 5.92. The lowest BCUT2D eigenvalue weighted by Crippen LogP contribution is -2.59. The van der Waals surface area contributed by atoms with E-state index in [1.165, 1.54) is 7.11 Å². The molecule has 1 aliphatic carbocycles. The smallest absolute Gasteiger partial charge is 0.328 e. The first-order chi connectivity index (χ1) is 10.4. The van der Waals surface area contributed by atoms with E-state index in [0.717, 1.165) is 0 Å². The number of hydrogen-bond acceptors (Lipinski definition) is 4. The fourth-order valence-corrected chi connectivity index (χ4v) is 3.86. The predicted molar refractivity (Wildman–Crippen MR) is 84.2 cm³/mol. The zero-order valence-corrected chi connectivity index (χ0v) is 14.7. The normalized spacial score (nSPS) is 29.5. The molecular formula is C16H27N3O4. The number of ether oxygens (including phenoxy) is 1. The zero-order chi connectivity index (χ0) is 17.7. The molecule has 2 fully saturated rings. The molecule has 0 aromatic heterocycles. The molecule has 1 heterocycles. The minimum Gasteiger partial charge on any atom is -0.467 e. The van der Waals surface area contributed by atoms with E-state index in [9.17, 15) is 14.4 Å². The Kier molecular flexibility index (Phi) is 4.11. The summed E-state index contributed by atoms with van der Waals surface area (Å²) >= 11 is 0. The number of nitrogens with zero attached hydrogens (tertiary/aromatic N) is 1. The fraction of sp³-hybridized carbons (Fsp3) is 0.812. The molecule has 7 nitrogen and oxygen atoms in total. The molecule has 2 aliphatic rings. The highest BCUT2D eigenvalue weighted by Crippen LogP contribution is 2.65. The number of nitrogens with two attached hydrogens (primary N) is 1. The van der Waals surface area contributed by atoms with Crippen LogP contribution in [0.1, 0.15) is 34.6 Å². The number of methoxy groups -OCH3 is 1. The van der Waals surface area contributed by atoms with Gasteiger partial charge in [-0.25, -0.2) is 9.59 Å². The van der Waals surface area contributed by atoms with E-state index < -0.39 is 29.5 Å². The first-order valence-corrected chi connectivity index (χ1v) is 7.87. The van der Waals surface area contributed by atoms with Crippen molar-refractivity contribution in [2.24, 2.45) is 28.4 Å². The molecule has 2 rings (SSSR count). The van der Waals surface area contributed by atoms with Gasteiger partial charge in [0, 0.05) is 12.5 Å². The number of likely N-dealkylation sites (tertiary alicyclic amines) is 1. The minimum atomic E-state index is -0.784. The van der Waals surface area contributed by atoms with Crippen molar-refractivity contribution in [3.05, 3.63) is 0 Å². The van der Waals surface area contributed by atoms with Gasteiger partial charge in [0.1, 0.15) is 12.1 Å². The SMILES string of the molecule is COC(=O)[C@@H]1[C@@H]2[C@H](CN1C(=O)[C@@H](NC(N)=O)C(C)(C)C)C2(C)C. The Bertz CT molecular complexity index is 538. The van der Waals surface area contributed by atoms with Crippen LogP contribution in [0.2, 0.25) is 0 Å². The molecule has 0 aromatic carbocycles. The molecule has 1 saturated carbocycles. The fourth-order valence-electron chi connectivity index (χ4n) is 3.86. The lowest BCUT2D eigenvalue weighted by Gasteiger charge is -2.36. The number of carbonyl (C=O) groups is 3. The molecule has 1 aliphatic heterocycles. The van der Waals surface area contributed by atoms with Gasteiger partial charge in [0.15, 0.2) is 0 Å². The third-order valence-corrected chi connectivity index (χ3v) is 5.33. The number of amides is 3. The van der Waals surface area contributed by atoms with Crippen LogP contribution in [0.3, 0.4) is 0 Å². The second kappa shape index (κ2) is 5.39. The van der Waals surface area contributed by atoms with Gasteiger partial charge in [-0.2, -0.15) is 0 Å². The van der Waals surface area contributed by atoms with Gasteiger partial charge in [0.25, 0.3) is 0 Å². The number of rotatable bonds is 3. The van der Waals surface area contributed by atoms with Crippen LogP contribution >= 0.6 is 0 Å². The maximum absolute atomic E-state index is 13.0. The number of hydrogen-bond donors (Lipinski definition) is 2. The lowest BCUT2D eigenvalue weighted by atomic mass is 9.85. The number of primary amides is 1. The van der Waals surface area contributed by atoms with Crippen LogP contribution in [-0.4, -0.2) is 48.5 Å². The molecular weight excluding hydrogens is 298 g/mol. The summed E-state index contributed by atoms with van der Waals surface area (Å²) in [7, 11) is 1.33. The third kappa shape index (κ3) is 2.88. The predicted octanol–water partition coefficient (Wildman–Crippen LogP) is 0.725. The van der Waals surface area contributed by atoms with E-state index in [2.05, 4.69) is 19.2 Å². The molecule has 3 N–H and O–H groups in total.